The molecule has 2 aromatic carbocycles. The zero-order valence-corrected chi connectivity index (χ0v) is 12.5. The number of para-hydroxylation sites is 1. The van der Waals surface area contributed by atoms with Crippen molar-refractivity contribution in [1.29, 1.82) is 0 Å². The lowest BCUT2D eigenvalue weighted by molar-refractivity contribution is -0.120. The van der Waals surface area contributed by atoms with Gasteiger partial charge in [0.1, 0.15) is 6.04 Å². The van der Waals surface area contributed by atoms with E-state index in [9.17, 15) is 9.59 Å². The van der Waals surface area contributed by atoms with Crippen molar-refractivity contribution < 1.29 is 9.59 Å². The molecule has 2 amide bonds. The lowest BCUT2D eigenvalue weighted by Gasteiger charge is -2.24. The van der Waals surface area contributed by atoms with Crippen LogP contribution in [0.4, 0.5) is 11.4 Å². The predicted molar refractivity (Wildman–Crippen MR) is 86.8 cm³/mol. The molecule has 2 aromatic rings. The van der Waals surface area contributed by atoms with E-state index in [2.05, 4.69) is 5.32 Å². The van der Waals surface area contributed by atoms with Gasteiger partial charge < -0.3 is 5.32 Å². The fraction of sp³-hybridized carbons (Fsp3) is 0.222. The fourth-order valence-corrected chi connectivity index (χ4v) is 2.71. The van der Waals surface area contributed by atoms with Gasteiger partial charge in [-0.3, -0.25) is 14.5 Å². The Morgan fingerprint density at radius 3 is 2.45 bits per heavy atom. The van der Waals surface area contributed by atoms with Crippen LogP contribution < -0.4 is 10.2 Å². The van der Waals surface area contributed by atoms with Gasteiger partial charge in [0.2, 0.25) is 11.8 Å². The minimum absolute atomic E-state index is 0.00439. The number of benzene rings is 2. The van der Waals surface area contributed by atoms with Crippen molar-refractivity contribution in [2.45, 2.75) is 25.8 Å². The van der Waals surface area contributed by atoms with Crippen molar-refractivity contribution in [1.82, 2.24) is 0 Å². The molecule has 0 spiro atoms. The molecule has 0 aromatic heterocycles. The number of anilines is 2. The van der Waals surface area contributed by atoms with Crippen molar-refractivity contribution in [3.05, 3.63) is 60.2 Å². The molecule has 0 bridgehead atoms. The number of aryl methyl sites for hydroxylation is 1. The van der Waals surface area contributed by atoms with E-state index in [-0.39, 0.29) is 11.8 Å². The SMILES string of the molecule is Cc1ccc(NC(=O)[C@@H]2CCC(=O)N2c2ccccc2)cc1. The predicted octanol–water partition coefficient (Wildman–Crippen LogP) is 3.13. The molecule has 1 atom stereocenters. The standard InChI is InChI=1S/C18H18N2O2/c1-13-7-9-14(10-8-13)19-18(22)16-11-12-17(21)20(16)15-5-3-2-4-6-15/h2-10,16H,11-12H2,1H3,(H,19,22)/t16-/m0/s1. The van der Waals surface area contributed by atoms with Crippen LogP contribution in [0, 0.1) is 6.92 Å². The lowest BCUT2D eigenvalue weighted by Crippen LogP contribution is -2.41. The van der Waals surface area contributed by atoms with Gasteiger partial charge in [-0.1, -0.05) is 35.9 Å². The minimum atomic E-state index is -0.448. The third-order valence-electron chi connectivity index (χ3n) is 3.87. The van der Waals surface area contributed by atoms with E-state index >= 15 is 0 Å². The zero-order valence-electron chi connectivity index (χ0n) is 12.5. The van der Waals surface area contributed by atoms with Crippen LogP contribution in [0.3, 0.4) is 0 Å². The van der Waals surface area contributed by atoms with Crippen LogP contribution in [-0.2, 0) is 9.59 Å². The molecule has 0 saturated carbocycles. The summed E-state index contributed by atoms with van der Waals surface area (Å²) < 4.78 is 0. The first-order valence-electron chi connectivity index (χ1n) is 7.40. The number of hydrogen-bond donors (Lipinski definition) is 1. The minimum Gasteiger partial charge on any atom is -0.324 e. The number of nitrogens with zero attached hydrogens (tertiary/aromatic N) is 1. The smallest absolute Gasteiger partial charge is 0.247 e. The molecule has 0 unspecified atom stereocenters. The largest absolute Gasteiger partial charge is 0.324 e. The molecule has 4 nitrogen and oxygen atoms in total. The third-order valence-corrected chi connectivity index (χ3v) is 3.87. The van der Waals surface area contributed by atoms with E-state index in [1.54, 1.807) is 4.90 Å². The van der Waals surface area contributed by atoms with E-state index in [1.165, 1.54) is 0 Å². The van der Waals surface area contributed by atoms with Gasteiger partial charge in [0, 0.05) is 17.8 Å². The summed E-state index contributed by atoms with van der Waals surface area (Å²) in [5.74, 6) is -0.145. The van der Waals surface area contributed by atoms with Crippen molar-refractivity contribution in [2.75, 3.05) is 10.2 Å². The average Bonchev–Trinajstić information content (AvgIpc) is 2.92. The maximum atomic E-state index is 12.5. The second-order valence-electron chi connectivity index (χ2n) is 5.51. The number of carbonyl (C=O) groups excluding carboxylic acids is 2. The highest BCUT2D eigenvalue weighted by Crippen LogP contribution is 2.27. The maximum Gasteiger partial charge on any atom is 0.247 e. The lowest BCUT2D eigenvalue weighted by atomic mass is 10.1. The van der Waals surface area contributed by atoms with Crippen LogP contribution >= 0.6 is 0 Å². The second kappa shape index (κ2) is 6.02. The first-order chi connectivity index (χ1) is 10.6. The highest BCUT2D eigenvalue weighted by atomic mass is 16.2. The number of nitrogens with one attached hydrogen (secondary N) is 1. The molecular weight excluding hydrogens is 276 g/mol. The summed E-state index contributed by atoms with van der Waals surface area (Å²) in [5.41, 5.74) is 2.66. The summed E-state index contributed by atoms with van der Waals surface area (Å²) in [7, 11) is 0. The molecule has 1 fully saturated rings. The van der Waals surface area contributed by atoms with Crippen molar-refractivity contribution in [3.63, 3.8) is 0 Å². The van der Waals surface area contributed by atoms with E-state index in [0.717, 1.165) is 16.9 Å². The monoisotopic (exact) mass is 294 g/mol. The van der Waals surface area contributed by atoms with E-state index < -0.39 is 6.04 Å². The summed E-state index contributed by atoms with van der Waals surface area (Å²) in [6, 6.07) is 16.5. The summed E-state index contributed by atoms with van der Waals surface area (Å²) in [6.45, 7) is 2.00. The molecule has 0 aliphatic carbocycles. The van der Waals surface area contributed by atoms with Gasteiger partial charge in [0.15, 0.2) is 0 Å². The van der Waals surface area contributed by atoms with Crippen molar-refractivity contribution >= 4 is 23.2 Å². The van der Waals surface area contributed by atoms with Crippen LogP contribution in [0.1, 0.15) is 18.4 Å². The molecule has 3 rings (SSSR count). The van der Waals surface area contributed by atoms with Gasteiger partial charge in [-0.15, -0.1) is 0 Å². The first-order valence-corrected chi connectivity index (χ1v) is 7.40. The summed E-state index contributed by atoms with van der Waals surface area (Å²) in [6.07, 6.45) is 0.951. The number of rotatable bonds is 3. The molecule has 1 N–H and O–H groups in total. The maximum absolute atomic E-state index is 12.5. The van der Waals surface area contributed by atoms with Crippen molar-refractivity contribution in [3.8, 4) is 0 Å². The Bertz CT molecular complexity index is 680. The van der Waals surface area contributed by atoms with Crippen LogP contribution in [-0.4, -0.2) is 17.9 Å². The molecule has 1 aliphatic rings. The Hall–Kier alpha value is -2.62. The molecule has 112 valence electrons. The molecule has 1 saturated heterocycles. The second-order valence-corrected chi connectivity index (χ2v) is 5.51. The Labute approximate surface area is 129 Å². The van der Waals surface area contributed by atoms with Gasteiger partial charge in [-0.25, -0.2) is 0 Å². The number of amides is 2. The van der Waals surface area contributed by atoms with Crippen LogP contribution in [0.15, 0.2) is 54.6 Å². The van der Waals surface area contributed by atoms with Crippen LogP contribution in [0.25, 0.3) is 0 Å². The third kappa shape index (κ3) is 2.86. The van der Waals surface area contributed by atoms with Gasteiger partial charge in [-0.2, -0.15) is 0 Å². The summed E-state index contributed by atoms with van der Waals surface area (Å²) >= 11 is 0. The molecule has 1 aliphatic heterocycles. The van der Waals surface area contributed by atoms with Crippen molar-refractivity contribution in [2.24, 2.45) is 0 Å². The van der Waals surface area contributed by atoms with E-state index in [4.69, 9.17) is 0 Å². The topological polar surface area (TPSA) is 49.4 Å². The Morgan fingerprint density at radius 2 is 1.77 bits per heavy atom. The first kappa shape index (κ1) is 14.3. The Morgan fingerprint density at radius 1 is 1.09 bits per heavy atom. The summed E-state index contributed by atoms with van der Waals surface area (Å²) in [5, 5.41) is 2.90. The van der Waals surface area contributed by atoms with Gasteiger partial charge in [0.05, 0.1) is 0 Å². The van der Waals surface area contributed by atoms with Crippen LogP contribution in [0.2, 0.25) is 0 Å². The molecule has 4 heteroatoms. The quantitative estimate of drug-likeness (QED) is 0.945. The van der Waals surface area contributed by atoms with Gasteiger partial charge >= 0.3 is 0 Å². The Balaban J connectivity index is 1.79. The number of carbonyl (C=O) groups is 2. The van der Waals surface area contributed by atoms with E-state index in [1.807, 2.05) is 61.5 Å². The van der Waals surface area contributed by atoms with Crippen LogP contribution in [0.5, 0.6) is 0 Å². The molecule has 1 heterocycles. The highest BCUT2D eigenvalue weighted by molar-refractivity contribution is 6.07. The number of hydrogen-bond acceptors (Lipinski definition) is 2. The Kier molecular flexibility index (Phi) is 3.92. The highest BCUT2D eigenvalue weighted by Gasteiger charge is 2.36. The van der Waals surface area contributed by atoms with Gasteiger partial charge in [-0.05, 0) is 37.6 Å². The van der Waals surface area contributed by atoms with E-state index in [0.29, 0.717) is 12.8 Å². The molecule has 0 radical (unpaired) electrons. The zero-order chi connectivity index (χ0) is 15.5. The molecular formula is C18H18N2O2. The molecule has 22 heavy (non-hydrogen) atoms. The fourth-order valence-electron chi connectivity index (χ4n) is 2.71. The normalized spacial score (nSPS) is 17.6. The van der Waals surface area contributed by atoms with Gasteiger partial charge in [0.25, 0.3) is 0 Å². The average molecular weight is 294 g/mol. The summed E-state index contributed by atoms with van der Waals surface area (Å²) in [4.78, 5) is 26.3.